The Labute approximate surface area is 192 Å². The summed E-state index contributed by atoms with van der Waals surface area (Å²) in [5.41, 5.74) is 9.87. The average molecular weight is 437 g/mol. The van der Waals surface area contributed by atoms with Crippen molar-refractivity contribution in [3.05, 3.63) is 94.8 Å². The minimum atomic E-state index is -0.477. The van der Waals surface area contributed by atoms with Crippen molar-refractivity contribution in [1.29, 1.82) is 0 Å². The van der Waals surface area contributed by atoms with E-state index in [-0.39, 0.29) is 5.78 Å². The number of nitrogens with two attached hydrogens (primary N) is 1. The molecule has 0 unspecified atom stereocenters. The minimum Gasteiger partial charge on any atom is -0.366 e. The Morgan fingerprint density at radius 3 is 2.55 bits per heavy atom. The van der Waals surface area contributed by atoms with E-state index in [1.807, 2.05) is 36.7 Å². The topological polar surface area (TPSA) is 90.3 Å². The maximum atomic E-state index is 12.8. The van der Waals surface area contributed by atoms with Gasteiger partial charge in [0.05, 0.1) is 17.8 Å². The van der Waals surface area contributed by atoms with Crippen molar-refractivity contribution >= 4 is 17.9 Å². The van der Waals surface area contributed by atoms with E-state index in [9.17, 15) is 9.59 Å². The lowest BCUT2D eigenvalue weighted by atomic mass is 10.00. The number of allylic oxidation sites excluding steroid dienone is 1. The Bertz CT molecular complexity index is 1270. The van der Waals surface area contributed by atoms with E-state index in [4.69, 9.17) is 5.73 Å². The van der Waals surface area contributed by atoms with Gasteiger partial charge in [-0.15, -0.1) is 0 Å². The van der Waals surface area contributed by atoms with Gasteiger partial charge < -0.3 is 5.73 Å². The predicted octanol–water partition coefficient (Wildman–Crippen LogP) is 4.12. The number of nitrogens with zero attached hydrogens (tertiary/aromatic N) is 3. The summed E-state index contributed by atoms with van der Waals surface area (Å²) in [6.45, 7) is 0.774. The number of hydrogen-bond donors (Lipinski definition) is 1. The number of Topliss-reactive ketones (excluding diaryl/α,β-unsaturated/α-hetero) is 1. The molecule has 1 aromatic heterocycles. The summed E-state index contributed by atoms with van der Waals surface area (Å²) in [5.74, 6) is 5.90. The molecule has 2 N–H and O–H groups in total. The number of rotatable bonds is 8. The largest absolute Gasteiger partial charge is 0.366 e. The molecule has 4 rings (SSSR count). The Kier molecular flexibility index (Phi) is 6.91. The quantitative estimate of drug-likeness (QED) is 0.327. The molecule has 2 aromatic carbocycles. The summed E-state index contributed by atoms with van der Waals surface area (Å²) in [6.07, 6.45) is 10.8. The SMILES string of the molecule is NC(=O)c1ccc(C#Cc2cc(C(=O)CCCCC3=CCN=C3)ccc2-n2cccn2)cc1. The van der Waals surface area contributed by atoms with Gasteiger partial charge in [-0.2, -0.15) is 5.10 Å². The van der Waals surface area contributed by atoms with Gasteiger partial charge in [-0.25, -0.2) is 4.68 Å². The van der Waals surface area contributed by atoms with Crippen LogP contribution in [0.2, 0.25) is 0 Å². The highest BCUT2D eigenvalue weighted by Crippen LogP contribution is 2.19. The van der Waals surface area contributed by atoms with E-state index in [1.165, 1.54) is 5.57 Å². The van der Waals surface area contributed by atoms with Crippen molar-refractivity contribution in [2.24, 2.45) is 10.7 Å². The number of carbonyl (C=O) groups is 2. The molecule has 0 saturated carbocycles. The zero-order valence-corrected chi connectivity index (χ0v) is 18.2. The molecular weight excluding hydrogens is 412 g/mol. The van der Waals surface area contributed by atoms with Crippen LogP contribution in [0.3, 0.4) is 0 Å². The molecule has 1 amide bonds. The number of ketones is 1. The number of unbranched alkanes of at least 4 members (excludes halogenated alkanes) is 1. The summed E-state index contributed by atoms with van der Waals surface area (Å²) in [5, 5.41) is 4.30. The van der Waals surface area contributed by atoms with Gasteiger partial charge in [0.2, 0.25) is 5.91 Å². The summed E-state index contributed by atoms with van der Waals surface area (Å²) >= 11 is 0. The third-order valence-electron chi connectivity index (χ3n) is 5.42. The second-order valence-electron chi connectivity index (χ2n) is 7.78. The second-order valence-corrected chi connectivity index (χ2v) is 7.78. The first-order valence-electron chi connectivity index (χ1n) is 10.9. The van der Waals surface area contributed by atoms with Crippen molar-refractivity contribution in [2.45, 2.75) is 25.7 Å². The van der Waals surface area contributed by atoms with Gasteiger partial charge in [0.25, 0.3) is 0 Å². The standard InChI is InChI=1S/C27H24N4O2/c28-27(33)22-9-6-20(7-10-22)8-11-23-18-24(12-13-25(23)31-17-3-15-30-31)26(32)5-2-1-4-21-14-16-29-19-21/h3,6-7,9-10,12-15,17-19H,1-2,4-5,16H2,(H2,28,33). The van der Waals surface area contributed by atoms with Crippen LogP contribution in [0.5, 0.6) is 0 Å². The molecule has 0 bridgehead atoms. The van der Waals surface area contributed by atoms with Gasteiger partial charge in [-0.05, 0) is 73.4 Å². The molecule has 0 aliphatic carbocycles. The van der Waals surface area contributed by atoms with E-state index < -0.39 is 5.91 Å². The lowest BCUT2D eigenvalue weighted by Gasteiger charge is -2.08. The highest BCUT2D eigenvalue weighted by atomic mass is 16.1. The molecule has 33 heavy (non-hydrogen) atoms. The monoisotopic (exact) mass is 436 g/mol. The molecule has 0 radical (unpaired) electrons. The van der Waals surface area contributed by atoms with Crippen molar-refractivity contribution < 1.29 is 9.59 Å². The van der Waals surface area contributed by atoms with Crippen LogP contribution >= 0.6 is 0 Å². The first-order chi connectivity index (χ1) is 16.1. The highest BCUT2D eigenvalue weighted by molar-refractivity contribution is 5.96. The van der Waals surface area contributed by atoms with Crippen LogP contribution in [0.25, 0.3) is 5.69 Å². The number of hydrogen-bond acceptors (Lipinski definition) is 4. The number of amides is 1. The first kappa shape index (κ1) is 22.0. The third-order valence-corrected chi connectivity index (χ3v) is 5.42. The highest BCUT2D eigenvalue weighted by Gasteiger charge is 2.11. The van der Waals surface area contributed by atoms with Crippen molar-refractivity contribution in [2.75, 3.05) is 6.54 Å². The molecule has 0 atom stereocenters. The predicted molar refractivity (Wildman–Crippen MR) is 129 cm³/mol. The molecule has 164 valence electrons. The number of benzene rings is 2. The zero-order valence-electron chi connectivity index (χ0n) is 18.2. The van der Waals surface area contributed by atoms with Gasteiger partial charge in [-0.1, -0.05) is 17.9 Å². The maximum absolute atomic E-state index is 12.8. The zero-order chi connectivity index (χ0) is 23.0. The summed E-state index contributed by atoms with van der Waals surface area (Å²) in [7, 11) is 0. The number of aliphatic imine (C=N–C) groups is 1. The summed E-state index contributed by atoms with van der Waals surface area (Å²) in [6, 6.07) is 14.2. The fraction of sp³-hybridized carbons (Fsp3) is 0.185. The van der Waals surface area contributed by atoms with Crippen LogP contribution in [0, 0.1) is 11.8 Å². The van der Waals surface area contributed by atoms with E-state index in [0.717, 1.165) is 37.1 Å². The Morgan fingerprint density at radius 2 is 1.85 bits per heavy atom. The van der Waals surface area contributed by atoms with Crippen LogP contribution in [-0.4, -0.2) is 34.2 Å². The van der Waals surface area contributed by atoms with Crippen LogP contribution in [0.15, 0.2) is 77.6 Å². The molecule has 0 fully saturated rings. The van der Waals surface area contributed by atoms with E-state index in [2.05, 4.69) is 28.0 Å². The summed E-state index contributed by atoms with van der Waals surface area (Å²) < 4.78 is 1.73. The van der Waals surface area contributed by atoms with Crippen LogP contribution < -0.4 is 5.73 Å². The lowest BCUT2D eigenvalue weighted by Crippen LogP contribution is -2.10. The van der Waals surface area contributed by atoms with Gasteiger partial charge in [0.15, 0.2) is 5.78 Å². The molecule has 0 saturated heterocycles. The molecule has 3 aromatic rings. The van der Waals surface area contributed by atoms with E-state index in [1.54, 1.807) is 35.1 Å². The molecule has 2 heterocycles. The Hall–Kier alpha value is -4.24. The van der Waals surface area contributed by atoms with Gasteiger partial charge in [-0.3, -0.25) is 14.6 Å². The van der Waals surface area contributed by atoms with Gasteiger partial charge in [0, 0.05) is 41.7 Å². The molecule has 0 spiro atoms. The fourth-order valence-corrected chi connectivity index (χ4v) is 3.60. The number of carbonyl (C=O) groups excluding carboxylic acids is 2. The number of aromatic nitrogens is 2. The third kappa shape index (κ3) is 5.72. The Morgan fingerprint density at radius 1 is 1.03 bits per heavy atom. The van der Waals surface area contributed by atoms with Crippen LogP contribution in [0.4, 0.5) is 0 Å². The number of primary amides is 1. The van der Waals surface area contributed by atoms with E-state index >= 15 is 0 Å². The van der Waals surface area contributed by atoms with Crippen LogP contribution in [0.1, 0.15) is 57.5 Å². The second kappa shape index (κ2) is 10.4. The average Bonchev–Trinajstić information content (AvgIpc) is 3.55. The van der Waals surface area contributed by atoms with Gasteiger partial charge in [0.1, 0.15) is 0 Å². The summed E-state index contributed by atoms with van der Waals surface area (Å²) in [4.78, 5) is 28.3. The first-order valence-corrected chi connectivity index (χ1v) is 10.9. The molecule has 6 nitrogen and oxygen atoms in total. The van der Waals surface area contributed by atoms with Crippen molar-refractivity contribution in [3.63, 3.8) is 0 Å². The normalized spacial score (nSPS) is 12.2. The minimum absolute atomic E-state index is 0.102. The van der Waals surface area contributed by atoms with Crippen LogP contribution in [-0.2, 0) is 0 Å². The molecular formula is C27H24N4O2. The smallest absolute Gasteiger partial charge is 0.248 e. The lowest BCUT2D eigenvalue weighted by molar-refractivity contribution is 0.0976. The molecule has 6 heteroatoms. The van der Waals surface area contributed by atoms with Crippen molar-refractivity contribution in [1.82, 2.24) is 9.78 Å². The van der Waals surface area contributed by atoms with Gasteiger partial charge >= 0.3 is 0 Å². The maximum Gasteiger partial charge on any atom is 0.248 e. The fourth-order valence-electron chi connectivity index (χ4n) is 3.60. The molecule has 1 aliphatic heterocycles. The van der Waals surface area contributed by atoms with Crippen molar-refractivity contribution in [3.8, 4) is 17.5 Å². The van der Waals surface area contributed by atoms with E-state index in [0.29, 0.717) is 23.1 Å². The Balaban J connectivity index is 1.51. The molecule has 1 aliphatic rings.